The zero-order valence-corrected chi connectivity index (χ0v) is 6.23. The van der Waals surface area contributed by atoms with Crippen molar-refractivity contribution < 1.29 is 4.79 Å². The Balaban J connectivity index is 2.19. The maximum absolute atomic E-state index is 10.8. The Hall–Kier alpha value is -0.700. The first-order chi connectivity index (χ1) is 4.81. The predicted octanol–water partition coefficient (Wildman–Crippen LogP) is 1.32. The maximum atomic E-state index is 10.8. The van der Waals surface area contributed by atoms with Gasteiger partial charge in [0.25, 0.3) is 0 Å². The molecule has 3 heteroatoms. The lowest BCUT2D eigenvalue weighted by molar-refractivity contribution is -0.137. The summed E-state index contributed by atoms with van der Waals surface area (Å²) in [6.07, 6.45) is 4.35. The van der Waals surface area contributed by atoms with Crippen LogP contribution in [0, 0.1) is 0 Å². The van der Waals surface area contributed by atoms with Gasteiger partial charge in [0.1, 0.15) is 0 Å². The Labute approximate surface area is 63.6 Å². The molecule has 0 spiro atoms. The highest BCUT2D eigenvalue weighted by Crippen LogP contribution is 2.41. The highest BCUT2D eigenvalue weighted by atomic mass is 32.2. The third-order valence-electron chi connectivity index (χ3n) is 1.69. The molecule has 0 radical (unpaired) electrons. The van der Waals surface area contributed by atoms with Gasteiger partial charge in [-0.05, 0) is 0 Å². The molecule has 1 atom stereocenters. The molecule has 10 heavy (non-hydrogen) atoms. The summed E-state index contributed by atoms with van der Waals surface area (Å²) in [5.74, 6) is 0.231. The van der Waals surface area contributed by atoms with Crippen molar-refractivity contribution >= 4 is 17.7 Å². The summed E-state index contributed by atoms with van der Waals surface area (Å²) in [7, 11) is 0. The number of β-lactam (4-membered cyclic amide) rings is 1. The van der Waals surface area contributed by atoms with Crippen molar-refractivity contribution in [1.82, 2.24) is 4.90 Å². The maximum Gasteiger partial charge on any atom is 0.230 e. The van der Waals surface area contributed by atoms with Gasteiger partial charge >= 0.3 is 0 Å². The molecule has 2 aliphatic rings. The standard InChI is InChI=1S/C7H7NOS/c1-2-5-4-8-6(9)3-7(8)10-5/h2,4,7H,1,3H2. The minimum absolute atomic E-state index is 0.231. The van der Waals surface area contributed by atoms with Crippen molar-refractivity contribution in [3.63, 3.8) is 0 Å². The Morgan fingerprint density at radius 1 is 1.90 bits per heavy atom. The fourth-order valence-corrected chi connectivity index (χ4v) is 2.18. The van der Waals surface area contributed by atoms with Crippen LogP contribution < -0.4 is 0 Å². The molecule has 2 rings (SSSR count). The quantitative estimate of drug-likeness (QED) is 0.529. The average molecular weight is 153 g/mol. The summed E-state index contributed by atoms with van der Waals surface area (Å²) >= 11 is 1.71. The third kappa shape index (κ3) is 0.639. The second kappa shape index (κ2) is 1.89. The fourth-order valence-electron chi connectivity index (χ4n) is 1.08. The topological polar surface area (TPSA) is 20.3 Å². The minimum atomic E-state index is 0.231. The normalized spacial score (nSPS) is 29.2. The lowest BCUT2D eigenvalue weighted by Crippen LogP contribution is -2.44. The molecule has 1 amide bonds. The zero-order valence-electron chi connectivity index (χ0n) is 5.41. The molecule has 0 N–H and O–H groups in total. The van der Waals surface area contributed by atoms with Gasteiger partial charge in [0.05, 0.1) is 11.8 Å². The van der Waals surface area contributed by atoms with Gasteiger partial charge in [-0.2, -0.15) is 0 Å². The molecule has 0 aromatic heterocycles. The molecular weight excluding hydrogens is 146 g/mol. The second-order valence-electron chi connectivity index (χ2n) is 2.31. The van der Waals surface area contributed by atoms with Crippen LogP contribution in [0.3, 0.4) is 0 Å². The molecule has 2 heterocycles. The number of hydrogen-bond acceptors (Lipinski definition) is 2. The molecule has 1 fully saturated rings. The number of amides is 1. The summed E-state index contributed by atoms with van der Waals surface area (Å²) < 4.78 is 0. The van der Waals surface area contributed by atoms with Gasteiger partial charge < -0.3 is 4.90 Å². The van der Waals surface area contributed by atoms with Gasteiger partial charge in [0, 0.05) is 11.1 Å². The molecule has 0 aromatic rings. The van der Waals surface area contributed by atoms with E-state index in [4.69, 9.17) is 0 Å². The molecule has 2 aliphatic heterocycles. The van der Waals surface area contributed by atoms with Crippen LogP contribution in [0.5, 0.6) is 0 Å². The van der Waals surface area contributed by atoms with E-state index in [9.17, 15) is 4.79 Å². The molecule has 0 aliphatic carbocycles. The van der Waals surface area contributed by atoms with Crippen LogP contribution in [-0.2, 0) is 4.79 Å². The minimum Gasteiger partial charge on any atom is -0.305 e. The van der Waals surface area contributed by atoms with Crippen LogP contribution in [0.1, 0.15) is 6.42 Å². The average Bonchev–Trinajstić information content (AvgIpc) is 2.26. The number of allylic oxidation sites excluding steroid dienone is 1. The number of nitrogens with zero attached hydrogens (tertiary/aromatic N) is 1. The van der Waals surface area contributed by atoms with Gasteiger partial charge in [-0.25, -0.2) is 0 Å². The predicted molar refractivity (Wildman–Crippen MR) is 41.1 cm³/mol. The molecule has 0 bridgehead atoms. The van der Waals surface area contributed by atoms with Crippen molar-refractivity contribution in [2.75, 3.05) is 0 Å². The van der Waals surface area contributed by atoms with Crippen LogP contribution in [0.2, 0.25) is 0 Å². The molecular formula is C7H7NOS. The van der Waals surface area contributed by atoms with Crippen molar-refractivity contribution in [2.24, 2.45) is 0 Å². The summed E-state index contributed by atoms with van der Waals surface area (Å²) in [4.78, 5) is 13.7. The molecule has 0 aromatic carbocycles. The molecule has 1 saturated heterocycles. The summed E-state index contributed by atoms with van der Waals surface area (Å²) in [6.45, 7) is 3.64. The molecule has 2 nitrogen and oxygen atoms in total. The van der Waals surface area contributed by atoms with E-state index in [1.807, 2.05) is 6.20 Å². The van der Waals surface area contributed by atoms with Crippen molar-refractivity contribution in [1.29, 1.82) is 0 Å². The number of thioether (sulfide) groups is 1. The first-order valence-electron chi connectivity index (χ1n) is 3.13. The fraction of sp³-hybridized carbons (Fsp3) is 0.286. The van der Waals surface area contributed by atoms with Gasteiger partial charge in [-0.15, -0.1) is 0 Å². The Kier molecular flexibility index (Phi) is 1.14. The summed E-state index contributed by atoms with van der Waals surface area (Å²) in [5, 5.41) is 0.389. The zero-order chi connectivity index (χ0) is 7.14. The third-order valence-corrected chi connectivity index (χ3v) is 2.90. The van der Waals surface area contributed by atoms with Gasteiger partial charge in [-0.3, -0.25) is 4.79 Å². The highest BCUT2D eigenvalue weighted by Gasteiger charge is 2.39. The van der Waals surface area contributed by atoms with Crippen LogP contribution in [0.4, 0.5) is 0 Å². The van der Waals surface area contributed by atoms with E-state index in [0.717, 1.165) is 4.91 Å². The van der Waals surface area contributed by atoms with E-state index in [1.165, 1.54) is 0 Å². The summed E-state index contributed by atoms with van der Waals surface area (Å²) in [6, 6.07) is 0. The Bertz CT molecular complexity index is 234. The largest absolute Gasteiger partial charge is 0.305 e. The van der Waals surface area contributed by atoms with E-state index in [2.05, 4.69) is 6.58 Å². The van der Waals surface area contributed by atoms with E-state index >= 15 is 0 Å². The first kappa shape index (κ1) is 6.04. The van der Waals surface area contributed by atoms with Gasteiger partial charge in [0.15, 0.2) is 0 Å². The lowest BCUT2D eigenvalue weighted by atomic mass is 10.2. The highest BCUT2D eigenvalue weighted by molar-refractivity contribution is 8.04. The number of hydrogen-bond donors (Lipinski definition) is 0. The molecule has 0 saturated carbocycles. The summed E-state index contributed by atoms with van der Waals surface area (Å²) in [5.41, 5.74) is 0. The van der Waals surface area contributed by atoms with Crippen LogP contribution in [-0.4, -0.2) is 16.2 Å². The first-order valence-corrected chi connectivity index (χ1v) is 4.01. The second-order valence-corrected chi connectivity index (χ2v) is 3.56. The SMILES string of the molecule is C=CC1=CN2C(=O)CC2S1. The van der Waals surface area contributed by atoms with Gasteiger partial charge in [-0.1, -0.05) is 24.4 Å². The lowest BCUT2D eigenvalue weighted by Gasteiger charge is -2.31. The van der Waals surface area contributed by atoms with Crippen molar-refractivity contribution in [2.45, 2.75) is 11.8 Å². The Morgan fingerprint density at radius 2 is 2.70 bits per heavy atom. The van der Waals surface area contributed by atoms with Crippen LogP contribution in [0.15, 0.2) is 23.8 Å². The number of fused-ring (bicyclic) bond motifs is 1. The number of carbonyl (C=O) groups is 1. The van der Waals surface area contributed by atoms with Crippen LogP contribution >= 0.6 is 11.8 Å². The smallest absolute Gasteiger partial charge is 0.230 e. The monoisotopic (exact) mass is 153 g/mol. The van der Waals surface area contributed by atoms with Gasteiger partial charge in [0.2, 0.25) is 5.91 Å². The number of carbonyl (C=O) groups excluding carboxylic acids is 1. The number of rotatable bonds is 1. The molecule has 1 unspecified atom stereocenters. The van der Waals surface area contributed by atoms with Crippen molar-refractivity contribution in [3.8, 4) is 0 Å². The Morgan fingerprint density at radius 3 is 3.20 bits per heavy atom. The molecule has 52 valence electrons. The van der Waals surface area contributed by atoms with E-state index < -0.39 is 0 Å². The van der Waals surface area contributed by atoms with E-state index in [-0.39, 0.29) is 5.91 Å². The van der Waals surface area contributed by atoms with E-state index in [0.29, 0.717) is 11.8 Å². The van der Waals surface area contributed by atoms with Crippen LogP contribution in [0.25, 0.3) is 0 Å². The van der Waals surface area contributed by atoms with E-state index in [1.54, 1.807) is 22.7 Å². The van der Waals surface area contributed by atoms with Crippen molar-refractivity contribution in [3.05, 3.63) is 23.8 Å².